The summed E-state index contributed by atoms with van der Waals surface area (Å²) >= 11 is 0. The van der Waals surface area contributed by atoms with Crippen LogP contribution < -0.4 is 0 Å². The van der Waals surface area contributed by atoms with Gasteiger partial charge in [0, 0.05) is 5.41 Å². The molecule has 266 valence electrons. The molecule has 0 aromatic heterocycles. The molecule has 0 heterocycles. The third kappa shape index (κ3) is 4.20. The predicted molar refractivity (Wildman–Crippen MR) is 236 cm³/mol. The van der Waals surface area contributed by atoms with Crippen LogP contribution in [0.2, 0.25) is 0 Å². The number of benzene rings is 9. The minimum atomic E-state index is 0.0906. The maximum Gasteiger partial charge on any atom is 0.0278 e. The van der Waals surface area contributed by atoms with E-state index in [0.717, 1.165) is 11.8 Å². The molecule has 0 aliphatic heterocycles. The van der Waals surface area contributed by atoms with E-state index in [1.807, 2.05) is 0 Å². The highest BCUT2D eigenvalue weighted by Gasteiger charge is 2.62. The summed E-state index contributed by atoms with van der Waals surface area (Å²) in [5.74, 6) is 3.26. The van der Waals surface area contributed by atoms with Crippen LogP contribution in [0.5, 0.6) is 0 Å². The molecule has 4 fully saturated rings. The Labute approximate surface area is 328 Å². The van der Waals surface area contributed by atoms with E-state index in [2.05, 4.69) is 170 Å². The van der Waals surface area contributed by atoms with Crippen LogP contribution in [0.25, 0.3) is 87.6 Å². The molecule has 14 rings (SSSR count). The Morgan fingerprint density at radius 1 is 0.339 bits per heavy atom. The quantitative estimate of drug-likeness (QED) is 0.160. The van der Waals surface area contributed by atoms with Gasteiger partial charge in [-0.1, -0.05) is 158 Å². The molecule has 0 saturated heterocycles. The van der Waals surface area contributed by atoms with Crippen LogP contribution in [0, 0.1) is 23.7 Å². The molecule has 0 amide bonds. The molecule has 0 unspecified atom stereocenters. The van der Waals surface area contributed by atoms with Crippen molar-refractivity contribution in [1.29, 1.82) is 0 Å². The first-order valence-electron chi connectivity index (χ1n) is 20.9. The molecule has 0 atom stereocenters. The van der Waals surface area contributed by atoms with Crippen LogP contribution in [0.15, 0.2) is 170 Å². The summed E-state index contributed by atoms with van der Waals surface area (Å²) in [6.45, 7) is 0. The Morgan fingerprint density at radius 3 is 1.48 bits per heavy atom. The number of hydrogen-bond acceptors (Lipinski definition) is 0. The van der Waals surface area contributed by atoms with Crippen molar-refractivity contribution in [3.8, 4) is 44.5 Å². The summed E-state index contributed by atoms with van der Waals surface area (Å²) in [6.07, 6.45) is 7.02. The van der Waals surface area contributed by atoms with Crippen molar-refractivity contribution >= 4 is 43.1 Å². The summed E-state index contributed by atoms with van der Waals surface area (Å²) in [5, 5.41) is 10.7. The summed E-state index contributed by atoms with van der Waals surface area (Å²) in [6, 6.07) is 64.9. The average Bonchev–Trinajstić information content (AvgIpc) is 3.55. The van der Waals surface area contributed by atoms with Gasteiger partial charge in [-0.2, -0.15) is 0 Å². The summed E-state index contributed by atoms with van der Waals surface area (Å²) in [7, 11) is 0. The zero-order valence-electron chi connectivity index (χ0n) is 31.5. The highest BCUT2D eigenvalue weighted by atomic mass is 14.6. The first-order valence-corrected chi connectivity index (χ1v) is 20.9. The molecule has 0 radical (unpaired) electrons. The van der Waals surface area contributed by atoms with Crippen LogP contribution in [0.4, 0.5) is 0 Å². The molecule has 0 N–H and O–H groups in total. The fourth-order valence-corrected chi connectivity index (χ4v) is 13.1. The second-order valence-electron chi connectivity index (χ2n) is 17.6. The molecule has 5 aliphatic carbocycles. The monoisotopic (exact) mass is 714 g/mol. The number of fused-ring (bicyclic) bond motifs is 8. The van der Waals surface area contributed by atoms with Crippen molar-refractivity contribution in [2.24, 2.45) is 23.7 Å². The van der Waals surface area contributed by atoms with Crippen molar-refractivity contribution in [3.63, 3.8) is 0 Å². The van der Waals surface area contributed by atoms with Gasteiger partial charge in [0.05, 0.1) is 0 Å². The van der Waals surface area contributed by atoms with Crippen molar-refractivity contribution < 1.29 is 0 Å². The van der Waals surface area contributed by atoms with Crippen molar-refractivity contribution in [3.05, 3.63) is 181 Å². The smallest absolute Gasteiger partial charge is 0.0278 e. The first kappa shape index (κ1) is 31.2. The summed E-state index contributed by atoms with van der Waals surface area (Å²) in [5.41, 5.74) is 14.2. The Hall–Kier alpha value is -5.98. The van der Waals surface area contributed by atoms with E-state index in [0.29, 0.717) is 11.8 Å². The Bertz CT molecular complexity index is 3000. The van der Waals surface area contributed by atoms with E-state index < -0.39 is 0 Å². The molecule has 9 aromatic carbocycles. The maximum absolute atomic E-state index is 2.69. The summed E-state index contributed by atoms with van der Waals surface area (Å²) < 4.78 is 0. The third-order valence-corrected chi connectivity index (χ3v) is 15.0. The van der Waals surface area contributed by atoms with Gasteiger partial charge in [0.25, 0.3) is 0 Å². The molecule has 4 saturated carbocycles. The first-order chi connectivity index (χ1) is 27.7. The largest absolute Gasteiger partial charge is 0.0616 e. The van der Waals surface area contributed by atoms with Crippen molar-refractivity contribution in [2.75, 3.05) is 0 Å². The van der Waals surface area contributed by atoms with E-state index in [9.17, 15) is 0 Å². The van der Waals surface area contributed by atoms with E-state index >= 15 is 0 Å². The van der Waals surface area contributed by atoms with Crippen LogP contribution >= 0.6 is 0 Å². The maximum atomic E-state index is 2.69. The van der Waals surface area contributed by atoms with Gasteiger partial charge in [0.1, 0.15) is 0 Å². The molecular formula is C56H42. The van der Waals surface area contributed by atoms with Gasteiger partial charge in [0.2, 0.25) is 0 Å². The topological polar surface area (TPSA) is 0 Å². The summed E-state index contributed by atoms with van der Waals surface area (Å²) in [4.78, 5) is 0. The Kier molecular flexibility index (Phi) is 6.43. The average molecular weight is 715 g/mol. The number of hydrogen-bond donors (Lipinski definition) is 0. The van der Waals surface area contributed by atoms with E-state index in [1.165, 1.54) is 120 Å². The van der Waals surface area contributed by atoms with Crippen LogP contribution in [-0.2, 0) is 5.41 Å². The molecule has 0 nitrogen and oxygen atoms in total. The zero-order valence-corrected chi connectivity index (χ0v) is 31.5. The van der Waals surface area contributed by atoms with Crippen LogP contribution in [0.3, 0.4) is 0 Å². The minimum absolute atomic E-state index is 0.0906. The lowest BCUT2D eigenvalue weighted by Crippen LogP contribution is -2.55. The van der Waals surface area contributed by atoms with Gasteiger partial charge in [-0.3, -0.25) is 0 Å². The van der Waals surface area contributed by atoms with Gasteiger partial charge < -0.3 is 0 Å². The third-order valence-electron chi connectivity index (χ3n) is 15.0. The molecule has 5 aliphatic rings. The fourth-order valence-electron chi connectivity index (χ4n) is 13.1. The van der Waals surface area contributed by atoms with Crippen LogP contribution in [-0.4, -0.2) is 0 Å². The molecule has 9 aromatic rings. The molecule has 56 heavy (non-hydrogen) atoms. The molecule has 1 spiro atoms. The Morgan fingerprint density at radius 2 is 0.821 bits per heavy atom. The van der Waals surface area contributed by atoms with Gasteiger partial charge in [-0.15, -0.1) is 0 Å². The highest BCUT2D eigenvalue weighted by Crippen LogP contribution is 2.70. The number of rotatable bonds is 3. The molecule has 0 heteroatoms. The lowest BCUT2D eigenvalue weighted by atomic mass is 9.43. The second-order valence-corrected chi connectivity index (χ2v) is 17.6. The van der Waals surface area contributed by atoms with Gasteiger partial charge >= 0.3 is 0 Å². The SMILES string of the molecule is c1ccc2cc(-c3ccc(-c4c5ccccc5c(-c5ccc6c(c5)C5(c7c-6ccc6ccccc76)C6CC7CC(C6)CC5C7)c5ccccc45)cc3)ccc2c1. The van der Waals surface area contributed by atoms with Crippen LogP contribution in [0.1, 0.15) is 43.2 Å². The standard InChI is InChI=1S/C56H42/c1-2-11-40-32-41(22-19-36(40)9-1)37-17-20-39(21-18-37)53-47-13-5-7-15-49(47)54(50-16-8-6-14-48(50)53)42-24-25-46-51-26-23-38-10-3-4-12-45(38)55(51)56(52(46)33-42)43-28-34-27-35(30-43)31-44(56)29-34/h1-26,32-35,43-44H,27-31H2. The predicted octanol–water partition coefficient (Wildman–Crippen LogP) is 15.0. The van der Waals surface area contributed by atoms with Gasteiger partial charge in [0.15, 0.2) is 0 Å². The highest BCUT2D eigenvalue weighted by molar-refractivity contribution is 6.21. The van der Waals surface area contributed by atoms with Gasteiger partial charge in [-0.25, -0.2) is 0 Å². The van der Waals surface area contributed by atoms with E-state index in [-0.39, 0.29) is 5.41 Å². The zero-order chi connectivity index (χ0) is 36.5. The normalized spacial score (nSPS) is 23.1. The molecular weight excluding hydrogens is 673 g/mol. The molecule has 4 bridgehead atoms. The lowest BCUT2D eigenvalue weighted by Gasteiger charge is -2.61. The fraction of sp³-hybridized carbons (Fsp3) is 0.179. The lowest BCUT2D eigenvalue weighted by molar-refractivity contribution is -0.0393. The van der Waals surface area contributed by atoms with Crippen molar-refractivity contribution in [2.45, 2.75) is 37.5 Å². The minimum Gasteiger partial charge on any atom is -0.0616 e. The Balaban J connectivity index is 1.01. The second kappa shape index (κ2) is 11.5. The van der Waals surface area contributed by atoms with Gasteiger partial charge in [-0.05, 0) is 167 Å². The van der Waals surface area contributed by atoms with Crippen molar-refractivity contribution in [1.82, 2.24) is 0 Å². The van der Waals surface area contributed by atoms with E-state index in [1.54, 1.807) is 11.1 Å². The van der Waals surface area contributed by atoms with E-state index in [4.69, 9.17) is 0 Å².